The molecule has 1 aliphatic carbocycles. The number of nitrogens with one attached hydrogen (secondary N) is 1. The average molecular weight is 250 g/mol. The first-order valence-electron chi connectivity index (χ1n) is 6.14. The number of rotatable bonds is 3. The molecule has 1 saturated carbocycles. The first-order chi connectivity index (χ1) is 8.34. The lowest BCUT2D eigenvalue weighted by molar-refractivity contribution is 0.585. The Labute approximate surface area is 106 Å². The summed E-state index contributed by atoms with van der Waals surface area (Å²) < 4.78 is 2.07. The largest absolute Gasteiger partial charge is 0.371 e. The Bertz CT molecular complexity index is 508. The zero-order valence-corrected chi connectivity index (χ0v) is 10.4. The second-order valence-electron chi connectivity index (χ2n) is 4.65. The predicted octanol–water partition coefficient (Wildman–Crippen LogP) is 3.15. The van der Waals surface area contributed by atoms with E-state index in [0.717, 1.165) is 24.4 Å². The van der Waals surface area contributed by atoms with Gasteiger partial charge in [-0.2, -0.15) is 0 Å². The van der Waals surface area contributed by atoms with E-state index in [1.807, 2.05) is 24.5 Å². The zero-order chi connectivity index (χ0) is 11.7. The molecule has 2 atom stereocenters. The maximum atomic E-state index is 6.28. The molecule has 3 rings (SSSR count). The fourth-order valence-electron chi connectivity index (χ4n) is 2.55. The number of fused-ring (bicyclic) bond motifs is 1. The van der Waals surface area contributed by atoms with Gasteiger partial charge in [0.2, 0.25) is 0 Å². The number of alkyl halides is 1. The molecule has 0 spiro atoms. The van der Waals surface area contributed by atoms with Gasteiger partial charge in [-0.1, -0.05) is 12.5 Å². The van der Waals surface area contributed by atoms with Gasteiger partial charge in [-0.3, -0.25) is 4.40 Å². The van der Waals surface area contributed by atoms with E-state index in [9.17, 15) is 0 Å². The smallest absolute Gasteiger partial charge is 0.138 e. The van der Waals surface area contributed by atoms with E-state index in [4.69, 9.17) is 11.6 Å². The molecule has 1 N–H and O–H groups in total. The molecule has 0 saturated heterocycles. The third-order valence-electron chi connectivity index (χ3n) is 3.54. The van der Waals surface area contributed by atoms with E-state index in [1.165, 1.54) is 12.8 Å². The molecular formula is C13H16ClN3. The number of hydrogen-bond acceptors (Lipinski definition) is 2. The molecule has 2 heterocycles. The maximum absolute atomic E-state index is 6.28. The summed E-state index contributed by atoms with van der Waals surface area (Å²) in [5, 5.41) is 3.82. The van der Waals surface area contributed by atoms with E-state index < -0.39 is 0 Å². The summed E-state index contributed by atoms with van der Waals surface area (Å²) in [6.07, 6.45) is 7.45. The molecule has 0 aliphatic heterocycles. The first-order valence-corrected chi connectivity index (χ1v) is 6.58. The number of nitrogens with zero attached hydrogens (tertiary/aromatic N) is 2. The van der Waals surface area contributed by atoms with Gasteiger partial charge < -0.3 is 5.32 Å². The van der Waals surface area contributed by atoms with Crippen LogP contribution in [0.25, 0.3) is 5.65 Å². The van der Waals surface area contributed by atoms with E-state index in [1.54, 1.807) is 0 Å². The lowest BCUT2D eigenvalue weighted by Gasteiger charge is -2.16. The summed E-state index contributed by atoms with van der Waals surface area (Å²) in [7, 11) is 0. The Balaban J connectivity index is 1.74. The van der Waals surface area contributed by atoms with Crippen molar-refractivity contribution >= 4 is 23.1 Å². The highest BCUT2D eigenvalue weighted by atomic mass is 35.5. The highest BCUT2D eigenvalue weighted by Gasteiger charge is 2.24. The fourth-order valence-corrected chi connectivity index (χ4v) is 2.92. The molecule has 0 radical (unpaired) electrons. The Morgan fingerprint density at radius 1 is 1.41 bits per heavy atom. The van der Waals surface area contributed by atoms with E-state index in [-0.39, 0.29) is 0 Å². The molecule has 0 amide bonds. The van der Waals surface area contributed by atoms with Crippen molar-refractivity contribution < 1.29 is 0 Å². The number of aromatic nitrogens is 2. The van der Waals surface area contributed by atoms with E-state index in [0.29, 0.717) is 11.3 Å². The van der Waals surface area contributed by atoms with Gasteiger partial charge in [0, 0.05) is 24.3 Å². The first kappa shape index (κ1) is 10.9. The molecule has 0 bridgehead atoms. The third kappa shape index (κ3) is 2.12. The monoisotopic (exact) mass is 249 g/mol. The molecular weight excluding hydrogens is 234 g/mol. The Hall–Kier alpha value is -1.22. The van der Waals surface area contributed by atoms with Crippen molar-refractivity contribution in [3.63, 3.8) is 0 Å². The second-order valence-corrected chi connectivity index (χ2v) is 5.21. The van der Waals surface area contributed by atoms with Crippen molar-refractivity contribution in [2.45, 2.75) is 24.6 Å². The zero-order valence-electron chi connectivity index (χ0n) is 9.64. The molecule has 17 heavy (non-hydrogen) atoms. The molecule has 4 heteroatoms. The topological polar surface area (TPSA) is 29.3 Å². The molecule has 2 aromatic heterocycles. The van der Waals surface area contributed by atoms with Crippen LogP contribution in [-0.4, -0.2) is 21.3 Å². The van der Waals surface area contributed by atoms with Crippen LogP contribution in [0.3, 0.4) is 0 Å². The van der Waals surface area contributed by atoms with Crippen molar-refractivity contribution in [1.29, 1.82) is 0 Å². The van der Waals surface area contributed by atoms with Crippen LogP contribution < -0.4 is 5.32 Å². The van der Waals surface area contributed by atoms with Crippen LogP contribution in [-0.2, 0) is 0 Å². The molecule has 1 fully saturated rings. The van der Waals surface area contributed by atoms with Gasteiger partial charge in [0.25, 0.3) is 0 Å². The maximum Gasteiger partial charge on any atom is 0.138 e. The van der Waals surface area contributed by atoms with Crippen molar-refractivity contribution in [1.82, 2.24) is 9.38 Å². The van der Waals surface area contributed by atoms with Gasteiger partial charge in [0.15, 0.2) is 0 Å². The lowest BCUT2D eigenvalue weighted by Crippen LogP contribution is -2.19. The average Bonchev–Trinajstić information content (AvgIpc) is 2.95. The van der Waals surface area contributed by atoms with Crippen molar-refractivity contribution in [2.75, 3.05) is 11.9 Å². The van der Waals surface area contributed by atoms with Gasteiger partial charge in [0.05, 0.1) is 0 Å². The summed E-state index contributed by atoms with van der Waals surface area (Å²) in [5.41, 5.74) is 0.976. The lowest BCUT2D eigenvalue weighted by atomic mass is 10.1. The summed E-state index contributed by atoms with van der Waals surface area (Å²) in [5.74, 6) is 1.69. The predicted molar refractivity (Wildman–Crippen MR) is 70.7 cm³/mol. The SMILES string of the molecule is ClC1CCCC1CNc1cccc2nccn12. The van der Waals surface area contributed by atoms with Gasteiger partial charge in [0.1, 0.15) is 11.5 Å². The molecule has 2 unspecified atom stereocenters. The van der Waals surface area contributed by atoms with Gasteiger partial charge in [-0.05, 0) is 30.9 Å². The van der Waals surface area contributed by atoms with Crippen LogP contribution >= 0.6 is 11.6 Å². The van der Waals surface area contributed by atoms with Crippen LogP contribution in [0.4, 0.5) is 5.82 Å². The van der Waals surface area contributed by atoms with Crippen molar-refractivity contribution in [2.24, 2.45) is 5.92 Å². The van der Waals surface area contributed by atoms with Crippen molar-refractivity contribution in [3.05, 3.63) is 30.6 Å². The summed E-state index contributed by atoms with van der Waals surface area (Å²) in [4.78, 5) is 4.27. The van der Waals surface area contributed by atoms with Crippen LogP contribution in [0.15, 0.2) is 30.6 Å². The highest BCUT2D eigenvalue weighted by Crippen LogP contribution is 2.30. The van der Waals surface area contributed by atoms with Gasteiger partial charge >= 0.3 is 0 Å². The molecule has 3 nitrogen and oxygen atoms in total. The van der Waals surface area contributed by atoms with Gasteiger partial charge in [-0.15, -0.1) is 11.6 Å². The molecule has 0 aromatic carbocycles. The number of pyridine rings is 1. The van der Waals surface area contributed by atoms with Crippen LogP contribution in [0, 0.1) is 5.92 Å². The fraction of sp³-hybridized carbons (Fsp3) is 0.462. The van der Waals surface area contributed by atoms with E-state index in [2.05, 4.69) is 20.8 Å². The molecule has 90 valence electrons. The van der Waals surface area contributed by atoms with Crippen LogP contribution in [0.1, 0.15) is 19.3 Å². The number of imidazole rings is 1. The third-order valence-corrected chi connectivity index (χ3v) is 4.11. The quantitative estimate of drug-likeness (QED) is 0.847. The highest BCUT2D eigenvalue weighted by molar-refractivity contribution is 6.20. The minimum atomic E-state index is 0.337. The summed E-state index contributed by atoms with van der Waals surface area (Å²) in [6.45, 7) is 0.950. The second kappa shape index (κ2) is 4.57. The minimum Gasteiger partial charge on any atom is -0.371 e. The number of halogens is 1. The molecule has 2 aromatic rings. The summed E-state index contributed by atoms with van der Waals surface area (Å²) >= 11 is 6.28. The number of anilines is 1. The standard InChI is InChI=1S/C13H16ClN3/c14-11-4-1-3-10(11)9-16-13-6-2-5-12-15-7-8-17(12)13/h2,5-8,10-11,16H,1,3-4,9H2. The van der Waals surface area contributed by atoms with Crippen molar-refractivity contribution in [3.8, 4) is 0 Å². The van der Waals surface area contributed by atoms with E-state index >= 15 is 0 Å². The molecule has 1 aliphatic rings. The summed E-state index contributed by atoms with van der Waals surface area (Å²) in [6, 6.07) is 6.11. The Kier molecular flexibility index (Phi) is 2.93. The Morgan fingerprint density at radius 3 is 3.18 bits per heavy atom. The Morgan fingerprint density at radius 2 is 2.35 bits per heavy atom. The normalized spacial score (nSPS) is 24.3. The van der Waals surface area contributed by atoms with Crippen LogP contribution in [0.2, 0.25) is 0 Å². The number of hydrogen-bond donors (Lipinski definition) is 1. The minimum absolute atomic E-state index is 0.337. The van der Waals surface area contributed by atoms with Crippen LogP contribution in [0.5, 0.6) is 0 Å². The van der Waals surface area contributed by atoms with Gasteiger partial charge in [-0.25, -0.2) is 4.98 Å².